The Bertz CT molecular complexity index is 831. The minimum atomic E-state index is -0.368. The number of nitrogens with zero attached hydrogens (tertiary/aromatic N) is 2. The molecule has 154 valence electrons. The summed E-state index contributed by atoms with van der Waals surface area (Å²) in [6.45, 7) is 3.50. The van der Waals surface area contributed by atoms with Crippen molar-refractivity contribution in [2.24, 2.45) is 0 Å². The summed E-state index contributed by atoms with van der Waals surface area (Å²) in [4.78, 5) is 29.3. The summed E-state index contributed by atoms with van der Waals surface area (Å²) >= 11 is 5.94. The van der Waals surface area contributed by atoms with Crippen LogP contribution in [0.15, 0.2) is 48.5 Å². The van der Waals surface area contributed by atoms with Gasteiger partial charge in [0.1, 0.15) is 0 Å². The number of amides is 1. The van der Waals surface area contributed by atoms with Crippen LogP contribution in [-0.4, -0.2) is 68.1 Å². The molecule has 3 rings (SSSR count). The normalized spacial score (nSPS) is 16.2. The zero-order chi connectivity index (χ0) is 20.8. The van der Waals surface area contributed by atoms with Gasteiger partial charge in [-0.15, -0.1) is 0 Å². The Morgan fingerprint density at radius 2 is 1.66 bits per heavy atom. The first-order chi connectivity index (χ1) is 14.0. The van der Waals surface area contributed by atoms with Crippen molar-refractivity contribution < 1.29 is 14.3 Å². The quantitative estimate of drug-likeness (QED) is 0.735. The molecule has 1 amide bonds. The SMILES string of the molecule is COC(=O)c1ccc(CC(C(=O)Nc2ccc(Cl)cc2)N2CCN(C)CC2)cc1. The van der Waals surface area contributed by atoms with Crippen LogP contribution in [0.25, 0.3) is 0 Å². The molecular formula is C22H26ClN3O3. The molecule has 0 aliphatic carbocycles. The van der Waals surface area contributed by atoms with Gasteiger partial charge in [-0.25, -0.2) is 4.79 Å². The number of hydrogen-bond donors (Lipinski definition) is 1. The Hall–Kier alpha value is -2.41. The lowest BCUT2D eigenvalue weighted by molar-refractivity contribution is -0.122. The van der Waals surface area contributed by atoms with Crippen molar-refractivity contribution in [1.29, 1.82) is 0 Å². The number of hydrogen-bond acceptors (Lipinski definition) is 5. The molecule has 0 bridgehead atoms. The van der Waals surface area contributed by atoms with Crippen LogP contribution < -0.4 is 5.32 Å². The number of methoxy groups -OCH3 is 1. The lowest BCUT2D eigenvalue weighted by atomic mass is 10.0. The van der Waals surface area contributed by atoms with E-state index in [4.69, 9.17) is 16.3 Å². The topological polar surface area (TPSA) is 61.9 Å². The van der Waals surface area contributed by atoms with Crippen molar-refractivity contribution in [2.45, 2.75) is 12.5 Å². The maximum atomic E-state index is 13.1. The van der Waals surface area contributed by atoms with E-state index in [9.17, 15) is 9.59 Å². The maximum Gasteiger partial charge on any atom is 0.337 e. The first-order valence-corrected chi connectivity index (χ1v) is 10.0. The number of nitrogens with one attached hydrogen (secondary N) is 1. The van der Waals surface area contributed by atoms with Gasteiger partial charge < -0.3 is 15.0 Å². The summed E-state index contributed by atoms with van der Waals surface area (Å²) < 4.78 is 4.75. The van der Waals surface area contributed by atoms with E-state index >= 15 is 0 Å². The average Bonchev–Trinajstić information content (AvgIpc) is 2.74. The van der Waals surface area contributed by atoms with Gasteiger partial charge in [0.05, 0.1) is 18.7 Å². The number of esters is 1. The second-order valence-electron chi connectivity index (χ2n) is 7.24. The molecule has 0 radical (unpaired) electrons. The number of rotatable bonds is 6. The number of carbonyl (C=O) groups is 2. The fourth-order valence-electron chi connectivity index (χ4n) is 3.40. The van der Waals surface area contributed by atoms with Gasteiger partial charge in [0.15, 0.2) is 0 Å². The molecule has 1 fully saturated rings. The monoisotopic (exact) mass is 415 g/mol. The molecule has 0 aromatic heterocycles. The molecule has 7 heteroatoms. The van der Waals surface area contributed by atoms with Gasteiger partial charge in [-0.2, -0.15) is 0 Å². The summed E-state index contributed by atoms with van der Waals surface area (Å²) in [7, 11) is 3.45. The number of anilines is 1. The standard InChI is InChI=1S/C22H26ClN3O3/c1-25-11-13-26(14-12-25)20(21(27)24-19-9-7-18(23)8-10-19)15-16-3-5-17(6-4-16)22(28)29-2/h3-10,20H,11-15H2,1-2H3,(H,24,27). The third-order valence-electron chi connectivity index (χ3n) is 5.20. The Balaban J connectivity index is 1.76. The van der Waals surface area contributed by atoms with Gasteiger partial charge in [-0.3, -0.25) is 9.69 Å². The van der Waals surface area contributed by atoms with Crippen molar-refractivity contribution in [3.05, 3.63) is 64.7 Å². The van der Waals surface area contributed by atoms with Crippen molar-refractivity contribution in [3.8, 4) is 0 Å². The highest BCUT2D eigenvalue weighted by Gasteiger charge is 2.28. The number of likely N-dealkylation sites (N-methyl/N-ethyl adjacent to an activating group) is 1. The molecule has 2 aromatic carbocycles. The minimum Gasteiger partial charge on any atom is -0.465 e. The Kier molecular flexibility index (Phi) is 7.25. The molecule has 2 aromatic rings. The Morgan fingerprint density at radius 1 is 1.03 bits per heavy atom. The zero-order valence-electron chi connectivity index (χ0n) is 16.7. The number of carbonyl (C=O) groups excluding carboxylic acids is 2. The van der Waals surface area contributed by atoms with Crippen LogP contribution in [0.2, 0.25) is 5.02 Å². The molecule has 0 saturated carbocycles. The fraction of sp³-hybridized carbons (Fsp3) is 0.364. The molecule has 1 heterocycles. The van der Waals surface area contributed by atoms with E-state index in [-0.39, 0.29) is 17.9 Å². The predicted octanol–water partition coefficient (Wildman–Crippen LogP) is 2.92. The summed E-state index contributed by atoms with van der Waals surface area (Å²) in [5.74, 6) is -0.415. The highest BCUT2D eigenvalue weighted by molar-refractivity contribution is 6.30. The minimum absolute atomic E-state index is 0.0473. The van der Waals surface area contributed by atoms with E-state index in [1.807, 2.05) is 12.1 Å². The Morgan fingerprint density at radius 3 is 2.24 bits per heavy atom. The van der Waals surface area contributed by atoms with E-state index in [2.05, 4.69) is 22.2 Å². The largest absolute Gasteiger partial charge is 0.465 e. The lowest BCUT2D eigenvalue weighted by Gasteiger charge is -2.37. The summed E-state index contributed by atoms with van der Waals surface area (Å²) in [6, 6.07) is 14.0. The van der Waals surface area contributed by atoms with Gasteiger partial charge >= 0.3 is 5.97 Å². The summed E-state index contributed by atoms with van der Waals surface area (Å²) in [5, 5.41) is 3.64. The molecular weight excluding hydrogens is 390 g/mol. The van der Waals surface area contributed by atoms with Crippen LogP contribution in [0.5, 0.6) is 0 Å². The first kappa shape index (κ1) is 21.3. The van der Waals surface area contributed by atoms with E-state index in [1.165, 1.54) is 7.11 Å². The van der Waals surface area contributed by atoms with Crippen LogP contribution in [0, 0.1) is 0 Å². The Labute approximate surface area is 176 Å². The molecule has 0 spiro atoms. The number of piperazine rings is 1. The number of ether oxygens (including phenoxy) is 1. The molecule has 1 atom stereocenters. The highest BCUT2D eigenvalue weighted by Crippen LogP contribution is 2.18. The van der Waals surface area contributed by atoms with Crippen LogP contribution in [0.1, 0.15) is 15.9 Å². The molecule has 1 N–H and O–H groups in total. The van der Waals surface area contributed by atoms with Crippen molar-refractivity contribution in [2.75, 3.05) is 45.7 Å². The molecule has 1 unspecified atom stereocenters. The smallest absolute Gasteiger partial charge is 0.337 e. The fourth-order valence-corrected chi connectivity index (χ4v) is 3.52. The van der Waals surface area contributed by atoms with E-state index in [0.29, 0.717) is 17.0 Å². The van der Waals surface area contributed by atoms with Crippen molar-refractivity contribution in [3.63, 3.8) is 0 Å². The second kappa shape index (κ2) is 9.87. The van der Waals surface area contributed by atoms with Crippen molar-refractivity contribution >= 4 is 29.2 Å². The number of halogens is 1. The summed E-state index contributed by atoms with van der Waals surface area (Å²) in [5.41, 5.74) is 2.21. The van der Waals surface area contributed by atoms with Gasteiger partial charge in [-0.05, 0) is 55.4 Å². The van der Waals surface area contributed by atoms with Crippen molar-refractivity contribution in [1.82, 2.24) is 9.80 Å². The van der Waals surface area contributed by atoms with E-state index < -0.39 is 0 Å². The predicted molar refractivity (Wildman–Crippen MR) is 114 cm³/mol. The van der Waals surface area contributed by atoms with E-state index in [0.717, 1.165) is 37.4 Å². The highest BCUT2D eigenvalue weighted by atomic mass is 35.5. The van der Waals surface area contributed by atoms with Gasteiger partial charge in [0.25, 0.3) is 0 Å². The van der Waals surface area contributed by atoms with Gasteiger partial charge in [0.2, 0.25) is 5.91 Å². The van der Waals surface area contributed by atoms with Crippen LogP contribution in [-0.2, 0) is 16.0 Å². The first-order valence-electron chi connectivity index (χ1n) is 9.62. The molecule has 1 saturated heterocycles. The third kappa shape index (κ3) is 5.79. The molecule has 1 aliphatic rings. The number of benzene rings is 2. The van der Waals surface area contributed by atoms with Crippen LogP contribution >= 0.6 is 11.6 Å². The van der Waals surface area contributed by atoms with Gasteiger partial charge in [-0.1, -0.05) is 23.7 Å². The molecule has 29 heavy (non-hydrogen) atoms. The maximum absolute atomic E-state index is 13.1. The molecule has 1 aliphatic heterocycles. The summed E-state index contributed by atoms with van der Waals surface area (Å²) in [6.07, 6.45) is 0.560. The van der Waals surface area contributed by atoms with Gasteiger partial charge in [0, 0.05) is 36.9 Å². The lowest BCUT2D eigenvalue weighted by Crippen LogP contribution is -2.53. The third-order valence-corrected chi connectivity index (χ3v) is 5.45. The molecule has 6 nitrogen and oxygen atoms in total. The zero-order valence-corrected chi connectivity index (χ0v) is 17.5. The van der Waals surface area contributed by atoms with Crippen LogP contribution in [0.3, 0.4) is 0 Å². The van der Waals surface area contributed by atoms with Crippen LogP contribution in [0.4, 0.5) is 5.69 Å². The second-order valence-corrected chi connectivity index (χ2v) is 7.68. The van der Waals surface area contributed by atoms with E-state index in [1.54, 1.807) is 36.4 Å². The average molecular weight is 416 g/mol.